The molecule has 0 bridgehead atoms. The van der Waals surface area contributed by atoms with E-state index in [0.717, 1.165) is 18.5 Å². The molecule has 2 rings (SSSR count). The highest BCUT2D eigenvalue weighted by Crippen LogP contribution is 2.11. The Morgan fingerprint density at radius 2 is 1.52 bits per heavy atom. The van der Waals surface area contributed by atoms with Crippen molar-refractivity contribution >= 4 is 47.3 Å². The van der Waals surface area contributed by atoms with Crippen LogP contribution in [0.5, 0.6) is 0 Å². The maximum Gasteiger partial charge on any atom is 0.326 e. The highest BCUT2D eigenvalue weighted by Gasteiger charge is 2.33. The van der Waals surface area contributed by atoms with Crippen molar-refractivity contribution in [3.05, 3.63) is 35.9 Å². The number of nitrogens with two attached hydrogens (primary N) is 1. The third-order valence-corrected chi connectivity index (χ3v) is 7.81. The van der Waals surface area contributed by atoms with Crippen molar-refractivity contribution in [2.24, 2.45) is 11.7 Å². The van der Waals surface area contributed by atoms with Gasteiger partial charge in [-0.2, -0.15) is 11.8 Å². The lowest BCUT2D eigenvalue weighted by Crippen LogP contribution is -2.59. The number of amides is 5. The number of thioether (sulfide) groups is 1. The smallest absolute Gasteiger partial charge is 0.326 e. The van der Waals surface area contributed by atoms with Gasteiger partial charge in [-0.3, -0.25) is 24.0 Å². The molecule has 8 N–H and O–H groups in total. The molecule has 0 radical (unpaired) electrons. The quantitative estimate of drug-likeness (QED) is 0.110. The van der Waals surface area contributed by atoms with Crippen LogP contribution in [0.25, 0.3) is 0 Å². The Morgan fingerprint density at radius 1 is 0.909 bits per heavy atom. The van der Waals surface area contributed by atoms with E-state index in [-0.39, 0.29) is 43.6 Å². The molecular formula is C30H46N6O7S. The molecule has 1 heterocycles. The van der Waals surface area contributed by atoms with Crippen LogP contribution in [-0.4, -0.2) is 89.4 Å². The Balaban J connectivity index is 2.25. The maximum absolute atomic E-state index is 13.7. The number of hydrogen-bond donors (Lipinski definition) is 7. The molecule has 0 aromatic heterocycles. The second kappa shape index (κ2) is 18.9. The number of carbonyl (C=O) groups excluding carboxylic acids is 5. The zero-order valence-corrected chi connectivity index (χ0v) is 26.4. The van der Waals surface area contributed by atoms with Crippen LogP contribution in [0.3, 0.4) is 0 Å². The van der Waals surface area contributed by atoms with Crippen LogP contribution in [0.1, 0.15) is 57.9 Å². The average molecular weight is 635 g/mol. The van der Waals surface area contributed by atoms with Gasteiger partial charge >= 0.3 is 5.97 Å². The lowest BCUT2D eigenvalue weighted by Gasteiger charge is -2.27. The number of nitrogens with one attached hydrogen (secondary N) is 5. The third kappa shape index (κ3) is 12.9. The van der Waals surface area contributed by atoms with Crippen LogP contribution in [0, 0.1) is 5.92 Å². The summed E-state index contributed by atoms with van der Waals surface area (Å²) in [6.07, 6.45) is 3.63. The summed E-state index contributed by atoms with van der Waals surface area (Å²) in [5, 5.41) is 23.4. The molecule has 1 aliphatic rings. The fourth-order valence-corrected chi connectivity index (χ4v) is 5.28. The molecule has 1 fully saturated rings. The summed E-state index contributed by atoms with van der Waals surface area (Å²) in [6, 6.07) is 4.18. The monoisotopic (exact) mass is 634 g/mol. The average Bonchev–Trinajstić information content (AvgIpc) is 3.52. The maximum atomic E-state index is 13.7. The number of carboxylic acid groups (broad SMARTS) is 1. The molecule has 244 valence electrons. The van der Waals surface area contributed by atoms with Crippen molar-refractivity contribution in [3.63, 3.8) is 0 Å². The Hall–Kier alpha value is -3.65. The zero-order chi connectivity index (χ0) is 32.6. The number of benzene rings is 1. The van der Waals surface area contributed by atoms with Crippen LogP contribution in [0.4, 0.5) is 0 Å². The first-order chi connectivity index (χ1) is 20.9. The normalized spacial score (nSPS) is 17.1. The predicted molar refractivity (Wildman–Crippen MR) is 167 cm³/mol. The molecule has 1 aromatic rings. The molecule has 44 heavy (non-hydrogen) atoms. The second-order valence-electron chi connectivity index (χ2n) is 11.3. The van der Waals surface area contributed by atoms with Crippen molar-refractivity contribution in [3.8, 4) is 0 Å². The first-order valence-electron chi connectivity index (χ1n) is 14.9. The first kappa shape index (κ1) is 36.5. The lowest BCUT2D eigenvalue weighted by molar-refractivity contribution is -0.142. The standard InChI is InChI=1S/C30H46N6O7S/c1-18(2)16-23(28(40)34-22(30(42)43)11-12-25(31)37)35-29(41)24(17-19-8-5-4-6-9-19)36-27(39)21(13-15-44-3)33-26(38)20-10-7-14-32-20/h4-6,8-9,18,20-24,32H,7,10-17H2,1-3H3,(H2,31,37)(H,33,38)(H,34,40)(H,35,41)(H,36,39)(H,42,43)/t20-,21-,22-,23-,24-/m0/s1. The van der Waals surface area contributed by atoms with Crippen molar-refractivity contribution < 1.29 is 33.9 Å². The fourth-order valence-electron chi connectivity index (χ4n) is 4.81. The Bertz CT molecular complexity index is 1130. The molecule has 0 spiro atoms. The van der Waals surface area contributed by atoms with Gasteiger partial charge in [-0.25, -0.2) is 4.79 Å². The van der Waals surface area contributed by atoms with E-state index in [2.05, 4.69) is 26.6 Å². The molecular weight excluding hydrogens is 588 g/mol. The molecule has 14 heteroatoms. The molecule has 1 aliphatic heterocycles. The van der Waals surface area contributed by atoms with E-state index in [1.165, 1.54) is 11.8 Å². The van der Waals surface area contributed by atoms with E-state index in [1.54, 1.807) is 24.3 Å². The van der Waals surface area contributed by atoms with E-state index in [0.29, 0.717) is 18.6 Å². The van der Waals surface area contributed by atoms with Crippen LogP contribution in [0.15, 0.2) is 30.3 Å². The summed E-state index contributed by atoms with van der Waals surface area (Å²) < 4.78 is 0. The zero-order valence-electron chi connectivity index (χ0n) is 25.6. The van der Waals surface area contributed by atoms with Gasteiger partial charge in [0.2, 0.25) is 29.5 Å². The fraction of sp³-hybridized carbons (Fsp3) is 0.600. The number of aliphatic carboxylic acids is 1. The van der Waals surface area contributed by atoms with Gasteiger partial charge in [0, 0.05) is 12.8 Å². The van der Waals surface area contributed by atoms with Gasteiger partial charge in [-0.15, -0.1) is 0 Å². The van der Waals surface area contributed by atoms with Gasteiger partial charge < -0.3 is 37.4 Å². The van der Waals surface area contributed by atoms with Crippen molar-refractivity contribution in [1.29, 1.82) is 0 Å². The third-order valence-electron chi connectivity index (χ3n) is 7.17. The molecule has 5 atom stereocenters. The molecule has 5 amide bonds. The Kier molecular flexibility index (Phi) is 15.7. The van der Waals surface area contributed by atoms with Gasteiger partial charge in [-0.1, -0.05) is 44.2 Å². The van der Waals surface area contributed by atoms with Crippen LogP contribution in [-0.2, 0) is 35.2 Å². The molecule has 0 saturated carbocycles. The topological polar surface area (TPSA) is 209 Å². The van der Waals surface area contributed by atoms with Gasteiger partial charge in [-0.05, 0) is 62.1 Å². The number of hydrogen-bond acceptors (Lipinski definition) is 8. The minimum atomic E-state index is -1.38. The van der Waals surface area contributed by atoms with E-state index in [9.17, 15) is 33.9 Å². The number of carboxylic acids is 1. The van der Waals surface area contributed by atoms with Gasteiger partial charge in [0.15, 0.2) is 0 Å². The largest absolute Gasteiger partial charge is 0.480 e. The summed E-state index contributed by atoms with van der Waals surface area (Å²) in [7, 11) is 0. The highest BCUT2D eigenvalue weighted by molar-refractivity contribution is 7.98. The molecule has 1 aromatic carbocycles. The van der Waals surface area contributed by atoms with Crippen LogP contribution < -0.4 is 32.3 Å². The van der Waals surface area contributed by atoms with E-state index in [1.807, 2.05) is 26.2 Å². The van der Waals surface area contributed by atoms with Crippen molar-refractivity contribution in [2.45, 2.75) is 89.0 Å². The summed E-state index contributed by atoms with van der Waals surface area (Å²) >= 11 is 1.53. The summed E-state index contributed by atoms with van der Waals surface area (Å²) in [5.74, 6) is -3.67. The number of rotatable bonds is 19. The van der Waals surface area contributed by atoms with Crippen molar-refractivity contribution in [2.75, 3.05) is 18.6 Å². The highest BCUT2D eigenvalue weighted by atomic mass is 32.2. The summed E-state index contributed by atoms with van der Waals surface area (Å²) in [6.45, 7) is 4.41. The summed E-state index contributed by atoms with van der Waals surface area (Å²) in [4.78, 5) is 76.1. The Labute approximate surface area is 262 Å². The van der Waals surface area contributed by atoms with Gasteiger partial charge in [0.05, 0.1) is 6.04 Å². The lowest BCUT2D eigenvalue weighted by atomic mass is 10.00. The van der Waals surface area contributed by atoms with E-state index in [4.69, 9.17) is 5.73 Å². The Morgan fingerprint density at radius 3 is 2.09 bits per heavy atom. The van der Waals surface area contributed by atoms with Gasteiger partial charge in [0.1, 0.15) is 24.2 Å². The van der Waals surface area contributed by atoms with Crippen molar-refractivity contribution in [1.82, 2.24) is 26.6 Å². The number of carbonyl (C=O) groups is 6. The minimum absolute atomic E-state index is 0.0579. The van der Waals surface area contributed by atoms with Crippen LogP contribution in [0.2, 0.25) is 0 Å². The molecule has 13 nitrogen and oxygen atoms in total. The minimum Gasteiger partial charge on any atom is -0.480 e. The molecule has 0 aliphatic carbocycles. The summed E-state index contributed by atoms with van der Waals surface area (Å²) in [5.41, 5.74) is 5.90. The number of primary amides is 1. The molecule has 1 saturated heterocycles. The van der Waals surface area contributed by atoms with Crippen LogP contribution >= 0.6 is 11.8 Å². The predicted octanol–water partition coefficient (Wildman–Crippen LogP) is 0.0696. The first-order valence-corrected chi connectivity index (χ1v) is 16.3. The SMILES string of the molecule is CSCC[C@H](NC(=O)[C@@H]1CCCN1)C(=O)N[C@@H](Cc1ccccc1)C(=O)N[C@@H](CC(C)C)C(=O)N[C@@H](CCC(N)=O)C(=O)O. The second-order valence-corrected chi connectivity index (χ2v) is 12.3. The van der Waals surface area contributed by atoms with E-state index < -0.39 is 53.8 Å². The molecule has 0 unspecified atom stereocenters. The van der Waals surface area contributed by atoms with E-state index >= 15 is 0 Å². The van der Waals surface area contributed by atoms with Gasteiger partial charge in [0.25, 0.3) is 0 Å².